The van der Waals surface area contributed by atoms with Crippen molar-refractivity contribution in [3.63, 3.8) is 0 Å². The zero-order chi connectivity index (χ0) is 19.5. The number of rotatable bonds is 5. The minimum absolute atomic E-state index is 0.0461. The maximum absolute atomic E-state index is 12.3. The van der Waals surface area contributed by atoms with E-state index in [9.17, 15) is 4.79 Å². The summed E-state index contributed by atoms with van der Waals surface area (Å²) in [5.41, 5.74) is 5.12. The highest BCUT2D eigenvalue weighted by molar-refractivity contribution is 5.76. The normalized spacial score (nSPS) is 12.9. The Balaban J connectivity index is 1.43. The highest BCUT2D eigenvalue weighted by Crippen LogP contribution is 2.31. The highest BCUT2D eigenvalue weighted by atomic mass is 16.5. The molecule has 2 aromatic carbocycles. The lowest BCUT2D eigenvalue weighted by atomic mass is 10.1. The van der Waals surface area contributed by atoms with E-state index >= 15 is 0 Å². The maximum Gasteiger partial charge on any atom is 0.318 e. The first kappa shape index (κ1) is 18.1. The Bertz CT molecular complexity index is 948. The number of urea groups is 1. The number of H-pyrrole nitrogens is 1. The van der Waals surface area contributed by atoms with Gasteiger partial charge < -0.3 is 15.0 Å². The zero-order valence-corrected chi connectivity index (χ0v) is 16.1. The van der Waals surface area contributed by atoms with Crippen molar-refractivity contribution in [1.29, 1.82) is 0 Å². The van der Waals surface area contributed by atoms with E-state index in [4.69, 9.17) is 4.74 Å². The number of hydrogen-bond donors (Lipinski definition) is 2. The SMILES string of the molecule is CC(C)NC(=O)N1Cc2[nH]nc(-c3ccc(OCc4ccccc4)cc3)c2C1. The molecule has 0 spiro atoms. The van der Waals surface area contributed by atoms with Gasteiger partial charge in [-0.2, -0.15) is 5.10 Å². The van der Waals surface area contributed by atoms with Crippen LogP contribution in [0.1, 0.15) is 30.7 Å². The molecule has 2 amide bonds. The molecule has 0 atom stereocenters. The van der Waals surface area contributed by atoms with Gasteiger partial charge in [0.1, 0.15) is 12.4 Å². The van der Waals surface area contributed by atoms with E-state index in [2.05, 4.69) is 15.5 Å². The molecule has 0 radical (unpaired) electrons. The second-order valence-corrected chi connectivity index (χ2v) is 7.29. The molecule has 3 aromatic rings. The second-order valence-electron chi connectivity index (χ2n) is 7.29. The number of aromatic amines is 1. The van der Waals surface area contributed by atoms with Crippen molar-refractivity contribution in [2.75, 3.05) is 0 Å². The third kappa shape index (κ3) is 3.86. The molecule has 6 nitrogen and oxygen atoms in total. The van der Waals surface area contributed by atoms with Crippen molar-refractivity contribution in [1.82, 2.24) is 20.4 Å². The monoisotopic (exact) mass is 376 g/mol. The maximum atomic E-state index is 12.3. The van der Waals surface area contributed by atoms with Crippen molar-refractivity contribution < 1.29 is 9.53 Å². The van der Waals surface area contributed by atoms with Gasteiger partial charge in [-0.25, -0.2) is 4.79 Å². The molecular weight excluding hydrogens is 352 g/mol. The molecule has 4 rings (SSSR count). The number of nitrogens with one attached hydrogen (secondary N) is 2. The van der Waals surface area contributed by atoms with Gasteiger partial charge in [0.25, 0.3) is 0 Å². The van der Waals surface area contributed by atoms with Crippen LogP contribution >= 0.6 is 0 Å². The highest BCUT2D eigenvalue weighted by Gasteiger charge is 2.28. The molecule has 0 fully saturated rings. The number of nitrogens with zero attached hydrogens (tertiary/aromatic N) is 2. The Labute approximate surface area is 164 Å². The van der Waals surface area contributed by atoms with E-state index in [1.807, 2.05) is 68.4 Å². The van der Waals surface area contributed by atoms with Crippen LogP contribution < -0.4 is 10.1 Å². The second kappa shape index (κ2) is 7.76. The quantitative estimate of drug-likeness (QED) is 0.705. The van der Waals surface area contributed by atoms with Gasteiger partial charge in [-0.3, -0.25) is 5.10 Å². The molecule has 0 saturated carbocycles. The van der Waals surface area contributed by atoms with Crippen LogP contribution in [0.3, 0.4) is 0 Å². The van der Waals surface area contributed by atoms with Crippen LogP contribution in [0.5, 0.6) is 5.75 Å². The van der Waals surface area contributed by atoms with E-state index in [0.29, 0.717) is 19.7 Å². The number of hydrogen-bond acceptors (Lipinski definition) is 3. The smallest absolute Gasteiger partial charge is 0.318 e. The summed E-state index contributed by atoms with van der Waals surface area (Å²) in [5.74, 6) is 0.817. The van der Waals surface area contributed by atoms with Gasteiger partial charge in [0.2, 0.25) is 0 Å². The summed E-state index contributed by atoms with van der Waals surface area (Å²) < 4.78 is 5.85. The molecule has 1 aliphatic rings. The van der Waals surface area contributed by atoms with Crippen molar-refractivity contribution in [2.24, 2.45) is 0 Å². The van der Waals surface area contributed by atoms with Gasteiger partial charge >= 0.3 is 6.03 Å². The van der Waals surface area contributed by atoms with Gasteiger partial charge in [0.15, 0.2) is 0 Å². The Morgan fingerprint density at radius 3 is 2.61 bits per heavy atom. The van der Waals surface area contributed by atoms with Crippen LogP contribution in [0.15, 0.2) is 54.6 Å². The molecule has 0 saturated heterocycles. The predicted octanol–water partition coefficient (Wildman–Crippen LogP) is 4.09. The Hall–Kier alpha value is -3.28. The molecule has 2 heterocycles. The number of amides is 2. The number of carbonyl (C=O) groups excluding carboxylic acids is 1. The molecule has 0 bridgehead atoms. The topological polar surface area (TPSA) is 70.2 Å². The van der Waals surface area contributed by atoms with Crippen LogP contribution in [0, 0.1) is 0 Å². The third-order valence-electron chi connectivity index (χ3n) is 4.73. The van der Waals surface area contributed by atoms with Crippen LogP contribution in [-0.2, 0) is 19.7 Å². The van der Waals surface area contributed by atoms with Gasteiger partial charge in [-0.05, 0) is 43.7 Å². The molecule has 1 aromatic heterocycles. The van der Waals surface area contributed by atoms with E-state index in [1.54, 1.807) is 4.90 Å². The number of ether oxygens (including phenoxy) is 1. The van der Waals surface area contributed by atoms with Gasteiger partial charge in [-0.1, -0.05) is 30.3 Å². The third-order valence-corrected chi connectivity index (χ3v) is 4.73. The Morgan fingerprint density at radius 2 is 1.89 bits per heavy atom. The summed E-state index contributed by atoms with van der Waals surface area (Å²) in [6.45, 7) is 5.58. The summed E-state index contributed by atoms with van der Waals surface area (Å²) >= 11 is 0. The number of carbonyl (C=O) groups is 1. The summed E-state index contributed by atoms with van der Waals surface area (Å²) in [6.07, 6.45) is 0. The Kier molecular flexibility index (Phi) is 5.02. The fourth-order valence-corrected chi connectivity index (χ4v) is 3.31. The number of fused-ring (bicyclic) bond motifs is 1. The zero-order valence-electron chi connectivity index (χ0n) is 16.1. The molecular formula is C22H24N4O2. The molecule has 144 valence electrons. The van der Waals surface area contributed by atoms with Crippen LogP contribution in [0.25, 0.3) is 11.3 Å². The van der Waals surface area contributed by atoms with Crippen molar-refractivity contribution in [3.05, 3.63) is 71.4 Å². The number of benzene rings is 2. The first-order valence-corrected chi connectivity index (χ1v) is 9.49. The molecule has 2 N–H and O–H groups in total. The lowest BCUT2D eigenvalue weighted by Gasteiger charge is -2.18. The van der Waals surface area contributed by atoms with Crippen LogP contribution in [-0.4, -0.2) is 27.2 Å². The standard InChI is InChI=1S/C22H24N4O2/c1-15(2)23-22(27)26-12-19-20(13-26)24-25-21(19)17-8-10-18(11-9-17)28-14-16-6-4-3-5-7-16/h3-11,15H,12-14H2,1-2H3,(H,23,27)(H,24,25). The van der Waals surface area contributed by atoms with Crippen LogP contribution in [0.4, 0.5) is 4.79 Å². The van der Waals surface area contributed by atoms with E-state index in [0.717, 1.165) is 33.8 Å². The summed E-state index contributed by atoms with van der Waals surface area (Å²) in [4.78, 5) is 14.1. The molecule has 28 heavy (non-hydrogen) atoms. The van der Waals surface area contributed by atoms with Crippen molar-refractivity contribution in [3.8, 4) is 17.0 Å². The average molecular weight is 376 g/mol. The lowest BCUT2D eigenvalue weighted by molar-refractivity contribution is 0.195. The van der Waals surface area contributed by atoms with E-state index in [-0.39, 0.29) is 12.1 Å². The number of aromatic nitrogens is 2. The van der Waals surface area contributed by atoms with E-state index < -0.39 is 0 Å². The van der Waals surface area contributed by atoms with Crippen molar-refractivity contribution >= 4 is 6.03 Å². The lowest BCUT2D eigenvalue weighted by Crippen LogP contribution is -2.40. The van der Waals surface area contributed by atoms with Gasteiger partial charge in [0, 0.05) is 17.2 Å². The minimum atomic E-state index is -0.0461. The average Bonchev–Trinajstić information content (AvgIpc) is 3.28. The van der Waals surface area contributed by atoms with E-state index in [1.165, 1.54) is 0 Å². The summed E-state index contributed by atoms with van der Waals surface area (Å²) in [5, 5.41) is 10.5. The summed E-state index contributed by atoms with van der Waals surface area (Å²) in [6, 6.07) is 18.1. The van der Waals surface area contributed by atoms with Crippen molar-refractivity contribution in [2.45, 2.75) is 39.6 Å². The molecule has 0 aliphatic carbocycles. The minimum Gasteiger partial charge on any atom is -0.489 e. The fraction of sp³-hybridized carbons (Fsp3) is 0.273. The first-order chi connectivity index (χ1) is 13.6. The Morgan fingerprint density at radius 1 is 1.14 bits per heavy atom. The van der Waals surface area contributed by atoms with Gasteiger partial charge in [-0.15, -0.1) is 0 Å². The summed E-state index contributed by atoms with van der Waals surface area (Å²) in [7, 11) is 0. The fourth-order valence-electron chi connectivity index (χ4n) is 3.31. The van der Waals surface area contributed by atoms with Crippen LogP contribution in [0.2, 0.25) is 0 Å². The first-order valence-electron chi connectivity index (χ1n) is 9.49. The van der Waals surface area contributed by atoms with Gasteiger partial charge in [0.05, 0.1) is 24.5 Å². The predicted molar refractivity (Wildman–Crippen MR) is 108 cm³/mol. The molecule has 1 aliphatic heterocycles. The molecule has 0 unspecified atom stereocenters. The molecule has 6 heteroatoms. The largest absolute Gasteiger partial charge is 0.489 e.